The molecular formula is C20H18Cl2N4O2. The summed E-state index contributed by atoms with van der Waals surface area (Å²) in [6.45, 7) is 2.61. The van der Waals surface area contributed by atoms with E-state index in [1.54, 1.807) is 23.1 Å². The molecule has 2 heterocycles. The average Bonchev–Trinajstić information content (AvgIpc) is 3.35. The van der Waals surface area contributed by atoms with Crippen LogP contribution in [-0.4, -0.2) is 27.6 Å². The molecule has 1 fully saturated rings. The van der Waals surface area contributed by atoms with Crippen LogP contribution in [-0.2, 0) is 0 Å². The van der Waals surface area contributed by atoms with Crippen LogP contribution >= 0.6 is 23.2 Å². The number of urea groups is 1. The van der Waals surface area contributed by atoms with Crippen molar-refractivity contribution in [3.05, 3.63) is 64.0 Å². The van der Waals surface area contributed by atoms with E-state index >= 15 is 0 Å². The molecule has 144 valence electrons. The summed E-state index contributed by atoms with van der Waals surface area (Å²) in [6, 6.07) is 12.4. The predicted molar refractivity (Wildman–Crippen MR) is 109 cm³/mol. The third-order valence-corrected chi connectivity index (χ3v) is 5.56. The number of benzene rings is 2. The average molecular weight is 417 g/mol. The van der Waals surface area contributed by atoms with Crippen molar-refractivity contribution >= 4 is 34.9 Å². The molecular weight excluding hydrogens is 399 g/mol. The van der Waals surface area contributed by atoms with E-state index < -0.39 is 0 Å². The van der Waals surface area contributed by atoms with Crippen molar-refractivity contribution in [1.29, 1.82) is 0 Å². The lowest BCUT2D eigenvalue weighted by molar-refractivity contribution is 0.193. The Bertz CT molecular complexity index is 1000. The van der Waals surface area contributed by atoms with Crippen LogP contribution < -0.4 is 5.32 Å². The Morgan fingerprint density at radius 3 is 2.79 bits per heavy atom. The first kappa shape index (κ1) is 18.8. The van der Waals surface area contributed by atoms with Crippen LogP contribution in [0, 0.1) is 6.92 Å². The SMILES string of the molecule is Cc1ccc(-c2noc([C@H]3CCCN3C(=O)Nc3cccc(Cl)c3Cl)n2)cc1. The van der Waals surface area contributed by atoms with Crippen molar-refractivity contribution in [1.82, 2.24) is 15.0 Å². The number of hydrogen-bond acceptors (Lipinski definition) is 4. The van der Waals surface area contributed by atoms with Crippen molar-refractivity contribution in [2.45, 2.75) is 25.8 Å². The molecule has 1 saturated heterocycles. The van der Waals surface area contributed by atoms with Crippen molar-refractivity contribution in [3.63, 3.8) is 0 Å². The predicted octanol–water partition coefficient (Wildman–Crippen LogP) is 5.72. The van der Waals surface area contributed by atoms with E-state index in [2.05, 4.69) is 15.5 Å². The Kier molecular flexibility index (Phi) is 5.24. The van der Waals surface area contributed by atoms with Crippen LogP contribution in [0.2, 0.25) is 10.0 Å². The Hall–Kier alpha value is -2.57. The Morgan fingerprint density at radius 1 is 1.21 bits per heavy atom. The molecule has 2 aromatic carbocycles. The van der Waals surface area contributed by atoms with Gasteiger partial charge in [0.2, 0.25) is 11.7 Å². The van der Waals surface area contributed by atoms with Gasteiger partial charge in [-0.25, -0.2) is 4.79 Å². The minimum Gasteiger partial charge on any atom is -0.337 e. The molecule has 0 spiro atoms. The second-order valence-electron chi connectivity index (χ2n) is 6.71. The Balaban J connectivity index is 1.53. The molecule has 2 amide bonds. The van der Waals surface area contributed by atoms with Crippen LogP contribution in [0.4, 0.5) is 10.5 Å². The van der Waals surface area contributed by atoms with Crippen molar-refractivity contribution < 1.29 is 9.32 Å². The molecule has 28 heavy (non-hydrogen) atoms. The highest BCUT2D eigenvalue weighted by molar-refractivity contribution is 6.43. The smallest absolute Gasteiger partial charge is 0.322 e. The van der Waals surface area contributed by atoms with E-state index in [0.29, 0.717) is 34.0 Å². The first-order chi connectivity index (χ1) is 13.5. The fourth-order valence-corrected chi connectivity index (χ4v) is 3.59. The molecule has 6 nitrogen and oxygen atoms in total. The minimum absolute atomic E-state index is 0.273. The molecule has 4 rings (SSSR count). The molecule has 8 heteroatoms. The number of hydrogen-bond donors (Lipinski definition) is 1. The summed E-state index contributed by atoms with van der Waals surface area (Å²) in [4.78, 5) is 19.0. The second kappa shape index (κ2) is 7.81. The largest absolute Gasteiger partial charge is 0.337 e. The van der Waals surface area contributed by atoms with E-state index in [1.807, 2.05) is 31.2 Å². The van der Waals surface area contributed by atoms with Crippen LogP contribution in [0.1, 0.15) is 30.3 Å². The van der Waals surface area contributed by atoms with Crippen LogP contribution in [0.5, 0.6) is 0 Å². The van der Waals surface area contributed by atoms with E-state index in [1.165, 1.54) is 0 Å². The standard InChI is InChI=1S/C20H18Cl2N4O2/c1-12-7-9-13(10-8-12)18-24-19(28-25-18)16-6-3-11-26(16)20(27)23-15-5-2-4-14(21)17(15)22/h2,4-5,7-10,16H,3,6,11H2,1H3,(H,23,27)/t16-/m1/s1. The van der Waals surface area contributed by atoms with Crippen molar-refractivity contribution in [2.75, 3.05) is 11.9 Å². The second-order valence-corrected chi connectivity index (χ2v) is 7.49. The Labute approximate surface area is 172 Å². The van der Waals surface area contributed by atoms with Gasteiger partial charge in [0.25, 0.3) is 0 Å². The summed E-state index contributed by atoms with van der Waals surface area (Å²) in [7, 11) is 0. The maximum Gasteiger partial charge on any atom is 0.322 e. The van der Waals surface area contributed by atoms with Gasteiger partial charge in [0, 0.05) is 12.1 Å². The van der Waals surface area contributed by atoms with Gasteiger partial charge in [-0.3, -0.25) is 0 Å². The first-order valence-corrected chi connectivity index (χ1v) is 9.71. The quantitative estimate of drug-likeness (QED) is 0.592. The Morgan fingerprint density at radius 2 is 2.00 bits per heavy atom. The maximum atomic E-state index is 12.8. The lowest BCUT2D eigenvalue weighted by atomic mass is 10.1. The van der Waals surface area contributed by atoms with Gasteiger partial charge in [-0.1, -0.05) is 64.3 Å². The number of carbonyl (C=O) groups is 1. The number of carbonyl (C=O) groups excluding carboxylic acids is 1. The lowest BCUT2D eigenvalue weighted by Gasteiger charge is -2.22. The van der Waals surface area contributed by atoms with Gasteiger partial charge in [0.15, 0.2) is 0 Å². The lowest BCUT2D eigenvalue weighted by Crippen LogP contribution is -2.34. The normalized spacial score (nSPS) is 16.4. The zero-order valence-electron chi connectivity index (χ0n) is 15.2. The monoisotopic (exact) mass is 416 g/mol. The van der Waals surface area contributed by atoms with Gasteiger partial charge in [0.1, 0.15) is 6.04 Å². The van der Waals surface area contributed by atoms with Crippen molar-refractivity contribution in [3.8, 4) is 11.4 Å². The summed E-state index contributed by atoms with van der Waals surface area (Å²) in [5.41, 5.74) is 2.50. The zero-order chi connectivity index (χ0) is 19.7. The van der Waals surface area contributed by atoms with Gasteiger partial charge in [-0.15, -0.1) is 0 Å². The number of anilines is 1. The number of nitrogens with one attached hydrogen (secondary N) is 1. The van der Waals surface area contributed by atoms with Gasteiger partial charge >= 0.3 is 6.03 Å². The summed E-state index contributed by atoms with van der Waals surface area (Å²) < 4.78 is 5.48. The number of likely N-dealkylation sites (tertiary alicyclic amines) is 1. The molecule has 1 aliphatic heterocycles. The van der Waals surface area contributed by atoms with Crippen LogP contribution in [0.3, 0.4) is 0 Å². The van der Waals surface area contributed by atoms with Crippen molar-refractivity contribution in [2.24, 2.45) is 0 Å². The summed E-state index contributed by atoms with van der Waals surface area (Å²) in [6.07, 6.45) is 1.61. The topological polar surface area (TPSA) is 71.3 Å². The molecule has 1 aromatic heterocycles. The third-order valence-electron chi connectivity index (χ3n) is 4.74. The summed E-state index contributed by atoms with van der Waals surface area (Å²) in [5, 5.41) is 7.60. The highest BCUT2D eigenvalue weighted by Crippen LogP contribution is 2.34. The molecule has 0 unspecified atom stereocenters. The number of nitrogens with zero attached hydrogens (tertiary/aromatic N) is 3. The fraction of sp³-hybridized carbons (Fsp3) is 0.250. The van der Waals surface area contributed by atoms with Gasteiger partial charge in [-0.2, -0.15) is 4.98 Å². The summed E-state index contributed by atoms with van der Waals surface area (Å²) in [5.74, 6) is 0.945. The van der Waals surface area contributed by atoms with E-state index in [-0.39, 0.29) is 12.1 Å². The molecule has 1 aliphatic rings. The molecule has 0 saturated carbocycles. The van der Waals surface area contributed by atoms with Gasteiger partial charge < -0.3 is 14.7 Å². The van der Waals surface area contributed by atoms with Gasteiger partial charge in [-0.05, 0) is 31.9 Å². The molecule has 0 radical (unpaired) electrons. The number of aryl methyl sites for hydroxylation is 1. The molecule has 0 bridgehead atoms. The van der Waals surface area contributed by atoms with Gasteiger partial charge in [0.05, 0.1) is 15.7 Å². The number of halogens is 2. The van der Waals surface area contributed by atoms with E-state index in [4.69, 9.17) is 27.7 Å². The zero-order valence-corrected chi connectivity index (χ0v) is 16.7. The number of amides is 2. The number of aromatic nitrogens is 2. The van der Waals surface area contributed by atoms with E-state index in [0.717, 1.165) is 24.0 Å². The minimum atomic E-state index is -0.276. The number of rotatable bonds is 3. The highest BCUT2D eigenvalue weighted by Gasteiger charge is 2.34. The highest BCUT2D eigenvalue weighted by atomic mass is 35.5. The molecule has 1 atom stereocenters. The molecule has 1 N–H and O–H groups in total. The fourth-order valence-electron chi connectivity index (χ4n) is 3.24. The molecule has 0 aliphatic carbocycles. The maximum absolute atomic E-state index is 12.8. The van der Waals surface area contributed by atoms with Crippen LogP contribution in [0.25, 0.3) is 11.4 Å². The van der Waals surface area contributed by atoms with Crippen LogP contribution in [0.15, 0.2) is 47.0 Å². The first-order valence-electron chi connectivity index (χ1n) is 8.95. The molecule has 3 aromatic rings. The van der Waals surface area contributed by atoms with E-state index in [9.17, 15) is 4.79 Å². The summed E-state index contributed by atoms with van der Waals surface area (Å²) >= 11 is 12.2. The third kappa shape index (κ3) is 3.70.